The highest BCUT2D eigenvalue weighted by molar-refractivity contribution is 6.00. The summed E-state index contributed by atoms with van der Waals surface area (Å²) in [6.45, 7) is 2.59. The second-order valence-electron chi connectivity index (χ2n) is 6.36. The van der Waals surface area contributed by atoms with E-state index in [1.807, 2.05) is 0 Å². The molecule has 2 aromatic rings. The first kappa shape index (κ1) is 18.0. The Kier molecular flexibility index (Phi) is 5.29. The van der Waals surface area contributed by atoms with Crippen molar-refractivity contribution in [2.24, 2.45) is 5.92 Å². The van der Waals surface area contributed by atoms with E-state index in [1.54, 1.807) is 11.8 Å². The third kappa shape index (κ3) is 3.74. The molecule has 1 unspecified atom stereocenters. The zero-order valence-electron chi connectivity index (χ0n) is 14.7. The molecule has 0 radical (unpaired) electrons. The first-order valence-corrected chi connectivity index (χ1v) is 8.43. The van der Waals surface area contributed by atoms with Crippen LogP contribution in [0, 0.1) is 18.7 Å². The van der Waals surface area contributed by atoms with Gasteiger partial charge >= 0.3 is 0 Å². The summed E-state index contributed by atoms with van der Waals surface area (Å²) < 4.78 is 23.4. The lowest BCUT2D eigenvalue weighted by molar-refractivity contribution is -0.132. The number of amides is 1. The lowest BCUT2D eigenvalue weighted by atomic mass is 9.89. The van der Waals surface area contributed by atoms with Crippen LogP contribution in [0.2, 0.25) is 0 Å². The van der Waals surface area contributed by atoms with Crippen molar-refractivity contribution in [3.8, 4) is 5.75 Å². The van der Waals surface area contributed by atoms with Gasteiger partial charge in [-0.25, -0.2) is 9.02 Å². The van der Waals surface area contributed by atoms with Crippen molar-refractivity contribution in [3.05, 3.63) is 41.0 Å². The van der Waals surface area contributed by atoms with Gasteiger partial charge in [-0.1, -0.05) is 10.3 Å². The summed E-state index contributed by atoms with van der Waals surface area (Å²) in [6, 6.07) is 3.88. The molecule has 2 heterocycles. The molecule has 0 saturated carbocycles. The van der Waals surface area contributed by atoms with Crippen LogP contribution < -0.4 is 4.74 Å². The van der Waals surface area contributed by atoms with E-state index in [1.165, 1.54) is 25.3 Å². The number of aryl methyl sites for hydroxylation is 1. The number of carbonyl (C=O) groups excluding carboxylic acids is 2. The number of piperidine rings is 1. The van der Waals surface area contributed by atoms with E-state index in [9.17, 15) is 14.0 Å². The Morgan fingerprint density at radius 1 is 1.38 bits per heavy atom. The van der Waals surface area contributed by atoms with E-state index < -0.39 is 5.82 Å². The van der Waals surface area contributed by atoms with Crippen molar-refractivity contribution in [1.29, 1.82) is 0 Å². The first-order chi connectivity index (χ1) is 12.5. The lowest BCUT2D eigenvalue weighted by Crippen LogP contribution is -2.43. The third-order valence-electron chi connectivity index (χ3n) is 4.64. The van der Waals surface area contributed by atoms with Gasteiger partial charge in [-0.15, -0.1) is 0 Å². The van der Waals surface area contributed by atoms with Crippen molar-refractivity contribution in [1.82, 2.24) is 15.2 Å². The number of halogens is 1. The molecule has 8 heteroatoms. The normalized spacial score (nSPS) is 17.2. The van der Waals surface area contributed by atoms with Crippen LogP contribution in [0.3, 0.4) is 0 Å². The van der Waals surface area contributed by atoms with E-state index in [0.29, 0.717) is 43.1 Å². The average molecular weight is 361 g/mol. The minimum atomic E-state index is -0.494. The molecule has 138 valence electrons. The number of carbonyl (C=O) groups is 2. The topological polar surface area (TPSA) is 85.5 Å². The van der Waals surface area contributed by atoms with Gasteiger partial charge in [0.1, 0.15) is 23.0 Å². The zero-order valence-corrected chi connectivity index (χ0v) is 14.7. The fourth-order valence-corrected chi connectivity index (χ4v) is 3.18. The maximum Gasteiger partial charge on any atom is 0.228 e. The van der Waals surface area contributed by atoms with Crippen LogP contribution in [0.5, 0.6) is 5.75 Å². The van der Waals surface area contributed by atoms with Gasteiger partial charge in [-0.2, -0.15) is 0 Å². The Bertz CT molecular complexity index is 821. The largest absolute Gasteiger partial charge is 0.496 e. The summed E-state index contributed by atoms with van der Waals surface area (Å²) >= 11 is 0. The number of hydrogen-bond donors (Lipinski definition) is 0. The molecule has 0 aliphatic carbocycles. The predicted molar refractivity (Wildman–Crippen MR) is 89.3 cm³/mol. The van der Waals surface area contributed by atoms with Gasteiger partial charge in [0.05, 0.1) is 19.1 Å². The fraction of sp³-hybridized carbons (Fsp3) is 0.444. The minimum Gasteiger partial charge on any atom is -0.496 e. The van der Waals surface area contributed by atoms with E-state index in [4.69, 9.17) is 4.74 Å². The SMILES string of the molecule is COc1ccc(F)cc1C(=O)C1CCCN(C(=O)Cc2nonc2C)C1. The van der Waals surface area contributed by atoms with Crippen LogP contribution in [-0.4, -0.2) is 47.1 Å². The molecular weight excluding hydrogens is 341 g/mol. The van der Waals surface area contributed by atoms with Crippen LogP contribution in [0.25, 0.3) is 0 Å². The number of nitrogens with zero attached hydrogens (tertiary/aromatic N) is 3. The standard InChI is InChI=1S/C18H20FN3O4/c1-11-15(21-26-20-11)9-17(23)22-7-3-4-12(10-22)18(24)14-8-13(19)5-6-16(14)25-2/h5-6,8,12H,3-4,7,9-10H2,1-2H3. The molecular formula is C18H20FN3O4. The van der Waals surface area contributed by atoms with Crippen LogP contribution in [-0.2, 0) is 11.2 Å². The molecule has 1 saturated heterocycles. The van der Waals surface area contributed by atoms with Crippen molar-refractivity contribution in [2.45, 2.75) is 26.2 Å². The van der Waals surface area contributed by atoms with E-state index >= 15 is 0 Å². The number of aromatic nitrogens is 2. The van der Waals surface area contributed by atoms with Crippen LogP contribution in [0.1, 0.15) is 34.6 Å². The predicted octanol–water partition coefficient (Wildman–Crippen LogP) is 2.19. The lowest BCUT2D eigenvalue weighted by Gasteiger charge is -2.32. The summed E-state index contributed by atoms with van der Waals surface area (Å²) in [5.41, 5.74) is 1.28. The van der Waals surface area contributed by atoms with Crippen LogP contribution in [0.4, 0.5) is 4.39 Å². The molecule has 1 amide bonds. The van der Waals surface area contributed by atoms with Crippen molar-refractivity contribution in [2.75, 3.05) is 20.2 Å². The van der Waals surface area contributed by atoms with E-state index in [-0.39, 0.29) is 29.6 Å². The average Bonchev–Trinajstić information content (AvgIpc) is 3.05. The number of ketones is 1. The van der Waals surface area contributed by atoms with E-state index in [2.05, 4.69) is 14.9 Å². The Hall–Kier alpha value is -2.77. The molecule has 3 rings (SSSR count). The fourth-order valence-electron chi connectivity index (χ4n) is 3.18. The maximum atomic E-state index is 13.6. The van der Waals surface area contributed by atoms with Crippen molar-refractivity contribution >= 4 is 11.7 Å². The summed E-state index contributed by atoms with van der Waals surface area (Å²) in [5, 5.41) is 7.39. The van der Waals surface area contributed by atoms with Crippen LogP contribution >= 0.6 is 0 Å². The molecule has 0 N–H and O–H groups in total. The quantitative estimate of drug-likeness (QED) is 0.759. The number of likely N-dealkylation sites (tertiary alicyclic amines) is 1. The Balaban J connectivity index is 1.72. The summed E-state index contributed by atoms with van der Waals surface area (Å²) in [7, 11) is 1.44. The molecule has 1 aliphatic heterocycles. The molecule has 0 bridgehead atoms. The molecule has 1 aromatic heterocycles. The molecule has 0 spiro atoms. The second-order valence-corrected chi connectivity index (χ2v) is 6.36. The summed E-state index contributed by atoms with van der Waals surface area (Å²) in [4.78, 5) is 27.0. The number of rotatable bonds is 5. The van der Waals surface area contributed by atoms with Crippen molar-refractivity contribution in [3.63, 3.8) is 0 Å². The molecule has 1 fully saturated rings. The summed E-state index contributed by atoms with van der Waals surface area (Å²) in [5.74, 6) is -0.887. The van der Waals surface area contributed by atoms with Gasteiger partial charge in [0.2, 0.25) is 5.91 Å². The Labute approximate surface area is 150 Å². The highest BCUT2D eigenvalue weighted by Crippen LogP contribution is 2.27. The summed E-state index contributed by atoms with van der Waals surface area (Å²) in [6.07, 6.45) is 1.43. The number of methoxy groups -OCH3 is 1. The Morgan fingerprint density at radius 2 is 2.19 bits per heavy atom. The number of hydrogen-bond acceptors (Lipinski definition) is 6. The van der Waals surface area contributed by atoms with Crippen LogP contribution in [0.15, 0.2) is 22.8 Å². The van der Waals surface area contributed by atoms with Gasteiger partial charge < -0.3 is 9.64 Å². The molecule has 1 aromatic carbocycles. The Morgan fingerprint density at radius 3 is 2.88 bits per heavy atom. The molecule has 26 heavy (non-hydrogen) atoms. The molecule has 1 aliphatic rings. The monoisotopic (exact) mass is 361 g/mol. The van der Waals surface area contributed by atoms with Gasteiger partial charge in [0, 0.05) is 19.0 Å². The molecule has 7 nitrogen and oxygen atoms in total. The first-order valence-electron chi connectivity index (χ1n) is 8.43. The molecule has 1 atom stereocenters. The number of ether oxygens (including phenoxy) is 1. The van der Waals surface area contributed by atoms with Crippen molar-refractivity contribution < 1.29 is 23.3 Å². The van der Waals surface area contributed by atoms with Gasteiger partial charge in [-0.05, 0) is 38.0 Å². The number of benzene rings is 1. The van der Waals surface area contributed by atoms with Gasteiger partial charge in [0.25, 0.3) is 0 Å². The minimum absolute atomic E-state index is 0.0829. The smallest absolute Gasteiger partial charge is 0.228 e. The highest BCUT2D eigenvalue weighted by atomic mass is 19.1. The second kappa shape index (κ2) is 7.63. The van der Waals surface area contributed by atoms with Gasteiger partial charge in [-0.3, -0.25) is 9.59 Å². The zero-order chi connectivity index (χ0) is 18.7. The number of Topliss-reactive ketones (excluding diaryl/α,β-unsaturated/α-hetero) is 1. The van der Waals surface area contributed by atoms with E-state index in [0.717, 1.165) is 0 Å². The highest BCUT2D eigenvalue weighted by Gasteiger charge is 2.31. The third-order valence-corrected chi connectivity index (χ3v) is 4.64. The maximum absolute atomic E-state index is 13.6. The van der Waals surface area contributed by atoms with Gasteiger partial charge in [0.15, 0.2) is 5.78 Å².